The van der Waals surface area contributed by atoms with Gasteiger partial charge in [-0.2, -0.15) is 0 Å². The normalized spacial score (nSPS) is 13.6. The Morgan fingerprint density at radius 3 is 2.16 bits per heavy atom. The first-order valence-electron chi connectivity index (χ1n) is 5.58. The summed E-state index contributed by atoms with van der Waals surface area (Å²) in [4.78, 5) is -0.787. The van der Waals surface area contributed by atoms with Gasteiger partial charge in [0.1, 0.15) is 16.5 Å². The fraction of sp³-hybridized carbons (Fsp3) is 0.500. The molecule has 0 saturated carbocycles. The summed E-state index contributed by atoms with van der Waals surface area (Å²) in [7, 11) is -4.28. The number of hydrogen-bond donors (Lipinski definition) is 2. The monoisotopic (exact) mass is 293 g/mol. The van der Waals surface area contributed by atoms with Crippen LogP contribution in [0.2, 0.25) is 0 Å². The molecule has 0 bridgehead atoms. The molecule has 108 valence electrons. The first kappa shape index (κ1) is 16.0. The highest BCUT2D eigenvalue weighted by Gasteiger charge is 2.39. The summed E-state index contributed by atoms with van der Waals surface area (Å²) < 4.78 is 52.8. The predicted molar refractivity (Wildman–Crippen MR) is 67.1 cm³/mol. The van der Waals surface area contributed by atoms with E-state index in [1.807, 2.05) is 0 Å². The van der Waals surface area contributed by atoms with Crippen molar-refractivity contribution in [3.8, 4) is 0 Å². The Balaban J connectivity index is 3.23. The Morgan fingerprint density at radius 1 is 1.16 bits per heavy atom. The number of benzene rings is 1. The van der Waals surface area contributed by atoms with E-state index in [9.17, 15) is 22.3 Å². The van der Waals surface area contributed by atoms with Gasteiger partial charge in [0.2, 0.25) is 10.0 Å². The zero-order valence-corrected chi connectivity index (χ0v) is 12.0. The van der Waals surface area contributed by atoms with Gasteiger partial charge in [-0.15, -0.1) is 0 Å². The molecule has 0 saturated heterocycles. The summed E-state index contributed by atoms with van der Waals surface area (Å²) in [5, 5.41) is 9.88. The fourth-order valence-corrected chi connectivity index (χ4v) is 2.82. The lowest BCUT2D eigenvalue weighted by Gasteiger charge is -2.37. The highest BCUT2D eigenvalue weighted by molar-refractivity contribution is 7.89. The summed E-state index contributed by atoms with van der Waals surface area (Å²) in [6.07, 6.45) is 0. The Kier molecular flexibility index (Phi) is 4.05. The number of aliphatic hydroxyl groups is 1. The van der Waals surface area contributed by atoms with Gasteiger partial charge >= 0.3 is 0 Å². The van der Waals surface area contributed by atoms with Crippen molar-refractivity contribution in [3.63, 3.8) is 0 Å². The lowest BCUT2D eigenvalue weighted by atomic mass is 9.87. The lowest BCUT2D eigenvalue weighted by Crippen LogP contribution is -2.57. The molecule has 0 heterocycles. The molecule has 2 N–H and O–H groups in total. The zero-order chi connectivity index (χ0) is 15.1. The second-order valence-corrected chi connectivity index (χ2v) is 7.02. The van der Waals surface area contributed by atoms with Crippen LogP contribution >= 0.6 is 0 Å². The van der Waals surface area contributed by atoms with Crippen LogP contribution in [0, 0.1) is 11.6 Å². The molecule has 0 spiro atoms. The molecule has 0 aliphatic heterocycles. The van der Waals surface area contributed by atoms with Gasteiger partial charge in [-0.3, -0.25) is 0 Å². The SMILES string of the molecule is CC(C)(O)C(C)(C)NS(=O)(=O)c1cc(F)ccc1F. The molecule has 0 aliphatic carbocycles. The highest BCUT2D eigenvalue weighted by Crippen LogP contribution is 2.24. The van der Waals surface area contributed by atoms with Crippen LogP contribution in [0.25, 0.3) is 0 Å². The lowest BCUT2D eigenvalue weighted by molar-refractivity contribution is 0.00636. The van der Waals surface area contributed by atoms with Gasteiger partial charge in [0, 0.05) is 0 Å². The fourth-order valence-electron chi connectivity index (χ4n) is 1.20. The van der Waals surface area contributed by atoms with Crippen LogP contribution in [0.4, 0.5) is 8.78 Å². The molecule has 0 fully saturated rings. The number of nitrogens with one attached hydrogen (secondary N) is 1. The molecule has 0 radical (unpaired) electrons. The van der Waals surface area contributed by atoms with Gasteiger partial charge in [-0.25, -0.2) is 21.9 Å². The molecule has 1 rings (SSSR count). The van der Waals surface area contributed by atoms with Crippen LogP contribution in [0.3, 0.4) is 0 Å². The van der Waals surface area contributed by atoms with E-state index in [4.69, 9.17) is 0 Å². The summed E-state index contributed by atoms with van der Waals surface area (Å²) >= 11 is 0. The molecule has 7 heteroatoms. The van der Waals surface area contributed by atoms with Gasteiger partial charge in [0.05, 0.1) is 11.1 Å². The van der Waals surface area contributed by atoms with Gasteiger partial charge in [0.25, 0.3) is 0 Å². The Bertz CT molecular complexity index is 577. The molecule has 1 aromatic carbocycles. The van der Waals surface area contributed by atoms with Crippen molar-refractivity contribution < 1.29 is 22.3 Å². The first-order chi connectivity index (χ1) is 8.37. The van der Waals surface area contributed by atoms with Crippen molar-refractivity contribution in [2.75, 3.05) is 0 Å². The predicted octanol–water partition coefficient (Wildman–Crippen LogP) is 1.79. The van der Waals surface area contributed by atoms with E-state index in [-0.39, 0.29) is 0 Å². The topological polar surface area (TPSA) is 66.4 Å². The second-order valence-electron chi connectivity index (χ2n) is 5.36. The van der Waals surface area contributed by atoms with E-state index in [1.165, 1.54) is 27.7 Å². The van der Waals surface area contributed by atoms with E-state index in [1.54, 1.807) is 0 Å². The van der Waals surface area contributed by atoms with Crippen LogP contribution in [-0.2, 0) is 10.0 Å². The number of sulfonamides is 1. The average Bonchev–Trinajstić information content (AvgIpc) is 2.18. The zero-order valence-electron chi connectivity index (χ0n) is 11.2. The quantitative estimate of drug-likeness (QED) is 0.889. The minimum absolute atomic E-state index is 0.595. The number of rotatable bonds is 4. The molecule has 0 aromatic heterocycles. The van der Waals surface area contributed by atoms with E-state index in [0.717, 1.165) is 12.1 Å². The molecule has 19 heavy (non-hydrogen) atoms. The summed E-state index contributed by atoms with van der Waals surface area (Å²) in [6, 6.07) is 2.16. The molecular weight excluding hydrogens is 276 g/mol. The maximum absolute atomic E-state index is 13.5. The van der Waals surface area contributed by atoms with Gasteiger partial charge < -0.3 is 5.11 Å². The van der Waals surface area contributed by atoms with Crippen LogP contribution < -0.4 is 4.72 Å². The van der Waals surface area contributed by atoms with E-state index >= 15 is 0 Å². The Morgan fingerprint density at radius 2 is 1.68 bits per heavy atom. The van der Waals surface area contributed by atoms with Gasteiger partial charge in [-0.05, 0) is 45.9 Å². The second kappa shape index (κ2) is 4.81. The minimum atomic E-state index is -4.28. The minimum Gasteiger partial charge on any atom is -0.389 e. The molecule has 0 atom stereocenters. The molecular formula is C12H17F2NO3S. The number of hydrogen-bond acceptors (Lipinski definition) is 3. The molecule has 1 aromatic rings. The maximum Gasteiger partial charge on any atom is 0.244 e. The largest absolute Gasteiger partial charge is 0.389 e. The molecule has 0 amide bonds. The van der Waals surface area contributed by atoms with Crippen molar-refractivity contribution in [3.05, 3.63) is 29.8 Å². The molecule has 0 unspecified atom stereocenters. The third kappa shape index (κ3) is 3.49. The van der Waals surface area contributed by atoms with Gasteiger partial charge in [-0.1, -0.05) is 0 Å². The Labute approximate surface area is 111 Å². The standard InChI is InChI=1S/C12H17F2NO3S/c1-11(2,12(3,4)16)15-19(17,18)10-7-8(13)5-6-9(10)14/h5-7,15-16H,1-4H3. The average molecular weight is 293 g/mol. The highest BCUT2D eigenvalue weighted by atomic mass is 32.2. The summed E-state index contributed by atoms with van der Waals surface area (Å²) in [5.74, 6) is -1.91. The van der Waals surface area contributed by atoms with Crippen LogP contribution in [0.1, 0.15) is 27.7 Å². The Hall–Kier alpha value is -1.05. The van der Waals surface area contributed by atoms with Crippen molar-refractivity contribution in [1.82, 2.24) is 4.72 Å². The first-order valence-corrected chi connectivity index (χ1v) is 7.06. The van der Waals surface area contributed by atoms with Crippen molar-refractivity contribution in [1.29, 1.82) is 0 Å². The van der Waals surface area contributed by atoms with Crippen molar-refractivity contribution >= 4 is 10.0 Å². The van der Waals surface area contributed by atoms with Crippen molar-refractivity contribution in [2.24, 2.45) is 0 Å². The molecule has 4 nitrogen and oxygen atoms in total. The van der Waals surface area contributed by atoms with Crippen LogP contribution in [0.5, 0.6) is 0 Å². The van der Waals surface area contributed by atoms with Crippen molar-refractivity contribution in [2.45, 2.75) is 43.7 Å². The van der Waals surface area contributed by atoms with E-state index in [2.05, 4.69) is 4.72 Å². The van der Waals surface area contributed by atoms with E-state index < -0.39 is 37.7 Å². The maximum atomic E-state index is 13.5. The smallest absolute Gasteiger partial charge is 0.244 e. The molecule has 0 aliphatic rings. The number of halogens is 2. The van der Waals surface area contributed by atoms with E-state index in [0.29, 0.717) is 6.07 Å². The van der Waals surface area contributed by atoms with Crippen LogP contribution in [-0.4, -0.2) is 24.7 Å². The van der Waals surface area contributed by atoms with Gasteiger partial charge in [0.15, 0.2) is 0 Å². The summed E-state index contributed by atoms with van der Waals surface area (Å²) in [5.41, 5.74) is -2.64. The van der Waals surface area contributed by atoms with Crippen LogP contribution in [0.15, 0.2) is 23.1 Å². The third-order valence-corrected chi connectivity index (χ3v) is 4.77. The summed E-state index contributed by atoms with van der Waals surface area (Å²) in [6.45, 7) is 5.72. The third-order valence-electron chi connectivity index (χ3n) is 3.10.